The Labute approximate surface area is 124 Å². The van der Waals surface area contributed by atoms with Crippen LogP contribution in [0.2, 0.25) is 0 Å². The van der Waals surface area contributed by atoms with Crippen LogP contribution in [-0.4, -0.2) is 36.2 Å². The topological polar surface area (TPSA) is 84.9 Å². The number of rotatable bonds is 8. The predicted octanol–water partition coefficient (Wildman–Crippen LogP) is 2.08. The molecular weight excluding hydrogens is 274 g/mol. The van der Waals surface area contributed by atoms with Crippen molar-refractivity contribution in [2.24, 2.45) is 0 Å². The van der Waals surface area contributed by atoms with Crippen molar-refractivity contribution in [3.63, 3.8) is 0 Å². The highest BCUT2D eigenvalue weighted by Crippen LogP contribution is 2.28. The first-order valence-electron chi connectivity index (χ1n) is 6.90. The summed E-state index contributed by atoms with van der Waals surface area (Å²) < 4.78 is 10.5. The Morgan fingerprint density at radius 1 is 1.24 bits per heavy atom. The van der Waals surface area contributed by atoms with Gasteiger partial charge in [0.2, 0.25) is 0 Å². The lowest BCUT2D eigenvalue weighted by Crippen LogP contribution is -2.31. The average Bonchev–Trinajstić information content (AvgIpc) is 2.45. The molecule has 1 atom stereocenters. The van der Waals surface area contributed by atoms with Crippen LogP contribution in [0.25, 0.3) is 0 Å². The molecule has 116 valence electrons. The molecular formula is C15H21NO5. The highest BCUT2D eigenvalue weighted by atomic mass is 16.5. The van der Waals surface area contributed by atoms with Crippen LogP contribution in [-0.2, 0) is 4.79 Å². The fourth-order valence-corrected chi connectivity index (χ4v) is 1.59. The van der Waals surface area contributed by atoms with Crippen molar-refractivity contribution in [3.05, 3.63) is 23.8 Å². The Morgan fingerprint density at radius 2 is 1.95 bits per heavy atom. The molecule has 0 spiro atoms. The second-order valence-corrected chi connectivity index (χ2v) is 4.56. The Kier molecular flexibility index (Phi) is 6.52. The van der Waals surface area contributed by atoms with Crippen LogP contribution in [0.4, 0.5) is 0 Å². The number of benzene rings is 1. The second kappa shape index (κ2) is 8.14. The molecule has 1 aromatic rings. The van der Waals surface area contributed by atoms with E-state index in [1.54, 1.807) is 25.1 Å². The van der Waals surface area contributed by atoms with E-state index in [-0.39, 0.29) is 11.9 Å². The molecule has 1 amide bonds. The van der Waals surface area contributed by atoms with Gasteiger partial charge >= 0.3 is 5.97 Å². The molecule has 0 aliphatic heterocycles. The molecule has 0 saturated heterocycles. The van der Waals surface area contributed by atoms with Gasteiger partial charge in [-0.05, 0) is 38.5 Å². The number of amides is 1. The van der Waals surface area contributed by atoms with Gasteiger partial charge in [-0.15, -0.1) is 0 Å². The zero-order valence-corrected chi connectivity index (χ0v) is 12.5. The molecule has 1 unspecified atom stereocenters. The minimum Gasteiger partial charge on any atom is -0.490 e. The molecule has 6 heteroatoms. The summed E-state index contributed by atoms with van der Waals surface area (Å²) in [5.41, 5.74) is 0.446. The van der Waals surface area contributed by atoms with Gasteiger partial charge in [-0.1, -0.05) is 6.92 Å². The lowest BCUT2D eigenvalue weighted by Gasteiger charge is -2.14. The highest BCUT2D eigenvalue weighted by Gasteiger charge is 2.13. The fourth-order valence-electron chi connectivity index (χ4n) is 1.59. The van der Waals surface area contributed by atoms with Crippen molar-refractivity contribution >= 4 is 11.9 Å². The minimum absolute atomic E-state index is 0.0796. The lowest BCUT2D eigenvalue weighted by atomic mass is 10.1. The predicted molar refractivity (Wildman–Crippen MR) is 78.0 cm³/mol. The molecule has 21 heavy (non-hydrogen) atoms. The van der Waals surface area contributed by atoms with E-state index >= 15 is 0 Å². The van der Waals surface area contributed by atoms with Gasteiger partial charge < -0.3 is 19.9 Å². The van der Waals surface area contributed by atoms with Gasteiger partial charge in [0.1, 0.15) is 0 Å². The number of hydrogen-bond acceptors (Lipinski definition) is 4. The fraction of sp³-hybridized carbons (Fsp3) is 0.467. The van der Waals surface area contributed by atoms with Crippen LogP contribution < -0.4 is 14.8 Å². The van der Waals surface area contributed by atoms with Crippen molar-refractivity contribution in [2.45, 2.75) is 33.2 Å². The lowest BCUT2D eigenvalue weighted by molar-refractivity contribution is -0.139. The summed E-state index contributed by atoms with van der Waals surface area (Å²) in [6.07, 6.45) is 0.837. The third kappa shape index (κ3) is 5.33. The molecule has 0 radical (unpaired) electrons. The molecule has 0 aromatic heterocycles. The van der Waals surface area contributed by atoms with E-state index in [4.69, 9.17) is 14.6 Å². The molecule has 0 aliphatic rings. The van der Waals surface area contributed by atoms with Gasteiger partial charge in [-0.2, -0.15) is 0 Å². The third-order valence-corrected chi connectivity index (χ3v) is 2.85. The van der Waals surface area contributed by atoms with Gasteiger partial charge in [-0.25, -0.2) is 4.79 Å². The number of carboxylic acids is 1. The summed E-state index contributed by atoms with van der Waals surface area (Å²) in [4.78, 5) is 22.6. The van der Waals surface area contributed by atoms with Crippen LogP contribution in [0.15, 0.2) is 18.2 Å². The summed E-state index contributed by atoms with van der Waals surface area (Å²) in [5, 5.41) is 11.5. The molecule has 2 N–H and O–H groups in total. The van der Waals surface area contributed by atoms with Crippen molar-refractivity contribution in [1.82, 2.24) is 5.32 Å². The van der Waals surface area contributed by atoms with Crippen LogP contribution in [0.1, 0.15) is 37.6 Å². The Bertz CT molecular complexity index is 501. The molecule has 0 heterocycles. The van der Waals surface area contributed by atoms with E-state index < -0.39 is 12.6 Å². The van der Waals surface area contributed by atoms with Crippen molar-refractivity contribution in [3.8, 4) is 11.5 Å². The summed E-state index contributed by atoms with van der Waals surface area (Å²) in [6.45, 7) is 5.64. The summed E-state index contributed by atoms with van der Waals surface area (Å²) in [7, 11) is 0. The zero-order chi connectivity index (χ0) is 15.8. The number of carboxylic acid groups (broad SMARTS) is 1. The van der Waals surface area contributed by atoms with E-state index in [0.29, 0.717) is 23.7 Å². The quantitative estimate of drug-likeness (QED) is 0.767. The molecule has 0 aliphatic carbocycles. The van der Waals surface area contributed by atoms with E-state index in [0.717, 1.165) is 6.42 Å². The number of carbonyl (C=O) groups excluding carboxylic acids is 1. The van der Waals surface area contributed by atoms with Gasteiger partial charge in [0.15, 0.2) is 18.1 Å². The van der Waals surface area contributed by atoms with Gasteiger partial charge in [0.05, 0.1) is 6.61 Å². The first kappa shape index (κ1) is 16.8. The van der Waals surface area contributed by atoms with Crippen LogP contribution >= 0.6 is 0 Å². The standard InChI is InChI=1S/C15H21NO5/c1-4-10(3)16-15(19)11-6-7-12(21-9-14(17)18)13(8-11)20-5-2/h6-8,10H,4-5,9H2,1-3H3,(H,16,19)(H,17,18). The van der Waals surface area contributed by atoms with Gasteiger partial charge in [0.25, 0.3) is 5.91 Å². The number of nitrogens with one attached hydrogen (secondary N) is 1. The largest absolute Gasteiger partial charge is 0.490 e. The zero-order valence-electron chi connectivity index (χ0n) is 12.5. The van der Waals surface area contributed by atoms with Crippen molar-refractivity contribution in [1.29, 1.82) is 0 Å². The monoisotopic (exact) mass is 295 g/mol. The molecule has 1 rings (SSSR count). The third-order valence-electron chi connectivity index (χ3n) is 2.85. The normalized spacial score (nSPS) is 11.6. The second-order valence-electron chi connectivity index (χ2n) is 4.56. The van der Waals surface area contributed by atoms with Gasteiger partial charge in [0, 0.05) is 11.6 Å². The number of hydrogen-bond donors (Lipinski definition) is 2. The van der Waals surface area contributed by atoms with Crippen LogP contribution in [0.5, 0.6) is 11.5 Å². The summed E-state index contributed by atoms with van der Waals surface area (Å²) >= 11 is 0. The Hall–Kier alpha value is -2.24. The van der Waals surface area contributed by atoms with Crippen LogP contribution in [0, 0.1) is 0 Å². The average molecular weight is 295 g/mol. The molecule has 0 saturated carbocycles. The molecule has 0 bridgehead atoms. The van der Waals surface area contributed by atoms with E-state index in [1.165, 1.54) is 0 Å². The first-order valence-corrected chi connectivity index (χ1v) is 6.90. The molecule has 1 aromatic carbocycles. The van der Waals surface area contributed by atoms with Crippen molar-refractivity contribution < 1.29 is 24.2 Å². The van der Waals surface area contributed by atoms with E-state index in [2.05, 4.69) is 5.32 Å². The highest BCUT2D eigenvalue weighted by molar-refractivity contribution is 5.95. The number of ether oxygens (including phenoxy) is 2. The summed E-state index contributed by atoms with van der Waals surface area (Å²) in [5.74, 6) is -0.610. The maximum Gasteiger partial charge on any atom is 0.341 e. The maximum absolute atomic E-state index is 12.0. The SMILES string of the molecule is CCOc1cc(C(=O)NC(C)CC)ccc1OCC(=O)O. The number of aliphatic carboxylic acids is 1. The molecule has 0 fully saturated rings. The van der Waals surface area contributed by atoms with Crippen LogP contribution in [0.3, 0.4) is 0 Å². The van der Waals surface area contributed by atoms with Gasteiger partial charge in [-0.3, -0.25) is 4.79 Å². The Morgan fingerprint density at radius 3 is 2.52 bits per heavy atom. The van der Waals surface area contributed by atoms with E-state index in [9.17, 15) is 9.59 Å². The number of carbonyl (C=O) groups is 2. The Balaban J connectivity index is 2.91. The van der Waals surface area contributed by atoms with Crippen molar-refractivity contribution in [2.75, 3.05) is 13.2 Å². The minimum atomic E-state index is -1.07. The molecule has 6 nitrogen and oxygen atoms in total. The van der Waals surface area contributed by atoms with E-state index in [1.807, 2.05) is 13.8 Å². The summed E-state index contributed by atoms with van der Waals surface area (Å²) in [6, 6.07) is 4.76. The smallest absolute Gasteiger partial charge is 0.341 e. The maximum atomic E-state index is 12.0. The first-order chi connectivity index (χ1) is 9.97.